The van der Waals surface area contributed by atoms with Crippen LogP contribution in [0.5, 0.6) is 0 Å². The number of aromatic nitrogens is 1. The lowest BCUT2D eigenvalue weighted by Crippen LogP contribution is -2.29. The van der Waals surface area contributed by atoms with E-state index in [1.54, 1.807) is 6.07 Å². The maximum Gasteiger partial charge on any atom is 0.147 e. The molecule has 0 unspecified atom stereocenters. The van der Waals surface area contributed by atoms with Gasteiger partial charge < -0.3 is 4.98 Å². The van der Waals surface area contributed by atoms with E-state index in [2.05, 4.69) is 16.8 Å². The monoisotopic (exact) mass is 218 g/mol. The van der Waals surface area contributed by atoms with Gasteiger partial charge in [-0.2, -0.15) is 0 Å². The van der Waals surface area contributed by atoms with Crippen LogP contribution in [-0.4, -0.2) is 23.0 Å². The van der Waals surface area contributed by atoms with Crippen molar-refractivity contribution in [3.05, 3.63) is 35.3 Å². The van der Waals surface area contributed by atoms with Crippen molar-refractivity contribution in [2.75, 3.05) is 13.1 Å². The van der Waals surface area contributed by atoms with Crippen LogP contribution in [0.4, 0.5) is 4.39 Å². The van der Waals surface area contributed by atoms with Crippen molar-refractivity contribution < 1.29 is 4.39 Å². The molecular formula is C13H15FN2. The Kier molecular flexibility index (Phi) is 2.21. The Bertz CT molecular complexity index is 530. The maximum absolute atomic E-state index is 13.6. The summed E-state index contributed by atoms with van der Waals surface area (Å²) < 4.78 is 13.6. The molecule has 1 aromatic carbocycles. The van der Waals surface area contributed by atoms with Gasteiger partial charge in [0.1, 0.15) is 5.82 Å². The summed E-state index contributed by atoms with van der Waals surface area (Å²) in [4.78, 5) is 5.62. The van der Waals surface area contributed by atoms with Gasteiger partial charge in [0.25, 0.3) is 0 Å². The molecule has 3 heteroatoms. The predicted molar refractivity (Wildman–Crippen MR) is 62.9 cm³/mol. The zero-order valence-electron chi connectivity index (χ0n) is 9.39. The van der Waals surface area contributed by atoms with Gasteiger partial charge in [0, 0.05) is 30.6 Å². The number of para-hydroxylation sites is 1. The molecule has 0 fully saturated rings. The summed E-state index contributed by atoms with van der Waals surface area (Å²) in [5.41, 5.74) is 3.16. The van der Waals surface area contributed by atoms with E-state index >= 15 is 0 Å². The number of nitrogens with one attached hydrogen (secondary N) is 1. The second-order valence-corrected chi connectivity index (χ2v) is 4.36. The van der Waals surface area contributed by atoms with Gasteiger partial charge in [0.2, 0.25) is 0 Å². The number of hydrogen-bond donors (Lipinski definition) is 1. The van der Waals surface area contributed by atoms with Crippen molar-refractivity contribution in [1.82, 2.24) is 9.88 Å². The summed E-state index contributed by atoms with van der Waals surface area (Å²) in [6.07, 6.45) is 0.997. The molecule has 1 aromatic heterocycles. The molecule has 2 nitrogen and oxygen atoms in total. The third kappa shape index (κ3) is 1.35. The van der Waals surface area contributed by atoms with Gasteiger partial charge in [-0.15, -0.1) is 0 Å². The van der Waals surface area contributed by atoms with Crippen LogP contribution in [0, 0.1) is 5.82 Å². The third-order valence-electron chi connectivity index (χ3n) is 3.49. The first kappa shape index (κ1) is 9.85. The molecule has 0 radical (unpaired) electrons. The van der Waals surface area contributed by atoms with Crippen LogP contribution >= 0.6 is 0 Å². The molecule has 0 amide bonds. The molecule has 0 atom stereocenters. The first-order valence-electron chi connectivity index (χ1n) is 5.80. The van der Waals surface area contributed by atoms with Crippen LogP contribution in [0.25, 0.3) is 10.9 Å². The molecule has 2 heterocycles. The SMILES string of the molecule is CCN1CCc2[nH]c3c(F)cccc3c2C1. The number of H-pyrrole nitrogens is 1. The van der Waals surface area contributed by atoms with Crippen molar-refractivity contribution in [1.29, 1.82) is 0 Å². The van der Waals surface area contributed by atoms with Gasteiger partial charge in [0.15, 0.2) is 0 Å². The van der Waals surface area contributed by atoms with E-state index in [0.717, 1.165) is 31.4 Å². The van der Waals surface area contributed by atoms with Gasteiger partial charge in [-0.05, 0) is 18.2 Å². The third-order valence-corrected chi connectivity index (χ3v) is 3.49. The van der Waals surface area contributed by atoms with Crippen LogP contribution in [0.3, 0.4) is 0 Å². The van der Waals surface area contributed by atoms with Crippen molar-refractivity contribution >= 4 is 10.9 Å². The van der Waals surface area contributed by atoms with Crippen molar-refractivity contribution in [2.45, 2.75) is 19.9 Å². The highest BCUT2D eigenvalue weighted by Gasteiger charge is 2.20. The molecule has 2 aromatic rings. The Balaban J connectivity index is 2.18. The highest BCUT2D eigenvalue weighted by molar-refractivity contribution is 5.85. The molecule has 0 spiro atoms. The highest BCUT2D eigenvalue weighted by atomic mass is 19.1. The normalized spacial score (nSPS) is 16.6. The molecule has 0 saturated carbocycles. The lowest BCUT2D eigenvalue weighted by atomic mass is 10.0. The van der Waals surface area contributed by atoms with E-state index in [9.17, 15) is 4.39 Å². The summed E-state index contributed by atoms with van der Waals surface area (Å²) in [5.74, 6) is -0.144. The molecule has 1 aliphatic heterocycles. The smallest absolute Gasteiger partial charge is 0.147 e. The van der Waals surface area contributed by atoms with E-state index in [1.165, 1.54) is 17.3 Å². The lowest BCUT2D eigenvalue weighted by Gasteiger charge is -2.25. The van der Waals surface area contributed by atoms with Crippen LogP contribution < -0.4 is 0 Å². The average Bonchev–Trinajstić information content (AvgIpc) is 2.68. The summed E-state index contributed by atoms with van der Waals surface area (Å²) >= 11 is 0. The van der Waals surface area contributed by atoms with Crippen LogP contribution in [0.15, 0.2) is 18.2 Å². The molecule has 0 aliphatic carbocycles. The van der Waals surface area contributed by atoms with Gasteiger partial charge in [-0.3, -0.25) is 4.90 Å². The number of benzene rings is 1. The summed E-state index contributed by atoms with van der Waals surface area (Å²) in [5, 5.41) is 1.05. The molecule has 1 aliphatic rings. The van der Waals surface area contributed by atoms with Crippen LogP contribution in [-0.2, 0) is 13.0 Å². The summed E-state index contributed by atoms with van der Waals surface area (Å²) in [6, 6.07) is 5.31. The standard InChI is InChI=1S/C13H15FN2/c1-2-16-7-6-12-10(8-16)9-4-3-5-11(14)13(9)15-12/h3-5,15H,2,6-8H2,1H3. The zero-order valence-corrected chi connectivity index (χ0v) is 9.39. The number of halogens is 1. The van der Waals surface area contributed by atoms with Crippen molar-refractivity contribution in [2.24, 2.45) is 0 Å². The second kappa shape index (κ2) is 3.59. The second-order valence-electron chi connectivity index (χ2n) is 4.36. The van der Waals surface area contributed by atoms with Gasteiger partial charge in [-0.1, -0.05) is 19.1 Å². The Morgan fingerprint density at radius 1 is 1.44 bits per heavy atom. The predicted octanol–water partition coefficient (Wildman–Crippen LogP) is 2.69. The Morgan fingerprint density at radius 2 is 2.31 bits per heavy atom. The number of rotatable bonds is 1. The fraction of sp³-hybridized carbons (Fsp3) is 0.385. The number of nitrogens with zero attached hydrogens (tertiary/aromatic N) is 1. The van der Waals surface area contributed by atoms with E-state index < -0.39 is 0 Å². The fourth-order valence-corrected chi connectivity index (χ4v) is 2.53. The van der Waals surface area contributed by atoms with Crippen LogP contribution in [0.1, 0.15) is 18.2 Å². The molecule has 0 bridgehead atoms. The summed E-state index contributed by atoms with van der Waals surface area (Å²) in [7, 11) is 0. The minimum absolute atomic E-state index is 0.144. The molecule has 1 N–H and O–H groups in total. The maximum atomic E-state index is 13.6. The van der Waals surface area contributed by atoms with Gasteiger partial charge >= 0.3 is 0 Å². The number of fused-ring (bicyclic) bond motifs is 3. The number of hydrogen-bond acceptors (Lipinski definition) is 1. The topological polar surface area (TPSA) is 19.0 Å². The molecule has 84 valence electrons. The van der Waals surface area contributed by atoms with Crippen molar-refractivity contribution in [3.63, 3.8) is 0 Å². The van der Waals surface area contributed by atoms with E-state index in [4.69, 9.17) is 0 Å². The highest BCUT2D eigenvalue weighted by Crippen LogP contribution is 2.28. The lowest BCUT2D eigenvalue weighted by molar-refractivity contribution is 0.268. The Morgan fingerprint density at radius 3 is 3.12 bits per heavy atom. The molecule has 16 heavy (non-hydrogen) atoms. The van der Waals surface area contributed by atoms with E-state index in [-0.39, 0.29) is 5.82 Å². The zero-order chi connectivity index (χ0) is 11.1. The van der Waals surface area contributed by atoms with Crippen molar-refractivity contribution in [3.8, 4) is 0 Å². The largest absolute Gasteiger partial charge is 0.356 e. The first-order valence-corrected chi connectivity index (χ1v) is 5.80. The quantitative estimate of drug-likeness (QED) is 0.779. The van der Waals surface area contributed by atoms with Crippen LogP contribution in [0.2, 0.25) is 0 Å². The first-order chi connectivity index (χ1) is 7.79. The number of likely N-dealkylation sites (N-methyl/N-ethyl adjacent to an activating group) is 1. The minimum Gasteiger partial charge on any atom is -0.356 e. The molecular weight excluding hydrogens is 203 g/mol. The minimum atomic E-state index is -0.144. The molecule has 0 saturated heterocycles. The Labute approximate surface area is 94.1 Å². The van der Waals surface area contributed by atoms with Gasteiger partial charge in [0.05, 0.1) is 5.52 Å². The number of aromatic amines is 1. The average molecular weight is 218 g/mol. The molecule has 3 rings (SSSR count). The van der Waals surface area contributed by atoms with Gasteiger partial charge in [-0.25, -0.2) is 4.39 Å². The summed E-state index contributed by atoms with van der Waals surface area (Å²) in [6.45, 7) is 5.23. The fourth-order valence-electron chi connectivity index (χ4n) is 2.53. The van der Waals surface area contributed by atoms with E-state index in [0.29, 0.717) is 5.52 Å². The Hall–Kier alpha value is -1.35. The van der Waals surface area contributed by atoms with E-state index in [1.807, 2.05) is 6.07 Å².